The van der Waals surface area contributed by atoms with Gasteiger partial charge in [0.15, 0.2) is 23.8 Å². The second kappa shape index (κ2) is 16.2. The van der Waals surface area contributed by atoms with Crippen molar-refractivity contribution in [2.24, 2.45) is 11.3 Å². The van der Waals surface area contributed by atoms with Crippen molar-refractivity contribution in [3.63, 3.8) is 0 Å². The minimum Gasteiger partial charge on any atom is -0.493 e. The van der Waals surface area contributed by atoms with Crippen LogP contribution in [0.15, 0.2) is 18.2 Å². The van der Waals surface area contributed by atoms with Gasteiger partial charge in [-0.15, -0.1) is 0 Å². The number of aromatic nitrogens is 2. The molecule has 0 saturated carbocycles. The molecule has 43 heavy (non-hydrogen) atoms. The number of methoxy groups -OCH3 is 1. The predicted molar refractivity (Wildman–Crippen MR) is 161 cm³/mol. The highest BCUT2D eigenvalue weighted by molar-refractivity contribution is 6.99. The average molecular weight is 618 g/mol. The summed E-state index contributed by atoms with van der Waals surface area (Å²) in [7, 11) is 1.50. The fraction of sp³-hybridized carbons (Fsp3) is 0.600. The number of rotatable bonds is 7. The minimum absolute atomic E-state index is 0.0999. The van der Waals surface area contributed by atoms with Gasteiger partial charge in [0.1, 0.15) is 0 Å². The van der Waals surface area contributed by atoms with Crippen molar-refractivity contribution in [2.45, 2.75) is 59.8 Å². The third-order valence-corrected chi connectivity index (χ3v) is 7.96. The molecule has 2 aromatic rings. The van der Waals surface area contributed by atoms with Crippen molar-refractivity contribution in [3.05, 3.63) is 35.2 Å². The van der Waals surface area contributed by atoms with Crippen LogP contribution in [-0.4, -0.2) is 83.8 Å². The number of benzene rings is 1. The average Bonchev–Trinajstić information content (AvgIpc) is 3.41. The Bertz CT molecular complexity index is 1270. The molecule has 1 aromatic carbocycles. The summed E-state index contributed by atoms with van der Waals surface area (Å²) in [6, 6.07) is 5.32. The molecule has 0 fully saturated rings. The summed E-state index contributed by atoms with van der Waals surface area (Å²) in [5.41, 5.74) is 0.571. The molecule has 1 atom stereocenters. The maximum Gasteiger partial charge on any atom is 0.314 e. The number of hydrogen-bond acceptors (Lipinski definition) is 10. The van der Waals surface area contributed by atoms with Crippen LogP contribution in [0.3, 0.4) is 0 Å². The number of ether oxygens (including phenoxy) is 3. The zero-order valence-electron chi connectivity index (χ0n) is 25.7. The molecule has 12 nitrogen and oxygen atoms in total. The Morgan fingerprint density at radius 3 is 2.63 bits per heavy atom. The van der Waals surface area contributed by atoms with E-state index in [4.69, 9.17) is 14.2 Å². The molecule has 0 radical (unpaired) electrons. The van der Waals surface area contributed by atoms with Gasteiger partial charge >= 0.3 is 5.97 Å². The van der Waals surface area contributed by atoms with Crippen LogP contribution in [-0.2, 0) is 25.5 Å². The van der Waals surface area contributed by atoms with E-state index in [1.54, 1.807) is 30.9 Å². The lowest BCUT2D eigenvalue weighted by Crippen LogP contribution is -2.46. The van der Waals surface area contributed by atoms with E-state index in [2.05, 4.69) is 33.2 Å². The highest BCUT2D eigenvalue weighted by atomic mass is 32.1. The van der Waals surface area contributed by atoms with Crippen LogP contribution in [0.1, 0.15) is 68.2 Å². The summed E-state index contributed by atoms with van der Waals surface area (Å²) in [6.07, 6.45) is 2.09. The highest BCUT2D eigenvalue weighted by Crippen LogP contribution is 2.35. The number of carbonyl (C=O) groups excluding carboxylic acids is 4. The molecule has 2 aliphatic heterocycles. The molecule has 236 valence electrons. The minimum atomic E-state index is -1.01. The Morgan fingerprint density at radius 2 is 1.95 bits per heavy atom. The van der Waals surface area contributed by atoms with Gasteiger partial charge < -0.3 is 29.7 Å². The summed E-state index contributed by atoms with van der Waals surface area (Å²) < 4.78 is 25.1. The van der Waals surface area contributed by atoms with Crippen molar-refractivity contribution in [1.29, 1.82) is 0 Å². The first-order valence-corrected chi connectivity index (χ1v) is 15.4. The zero-order chi connectivity index (χ0) is 31.4. The number of nitrogens with zero attached hydrogens (tertiary/aromatic N) is 3. The first-order valence-electron chi connectivity index (χ1n) is 14.7. The van der Waals surface area contributed by atoms with E-state index in [9.17, 15) is 19.2 Å². The second-order valence-corrected chi connectivity index (χ2v) is 11.6. The molecule has 13 heteroatoms. The molecule has 2 bridgehead atoms. The predicted octanol–water partition coefficient (Wildman–Crippen LogP) is 2.93. The largest absolute Gasteiger partial charge is 0.493 e. The lowest BCUT2D eigenvalue weighted by atomic mass is 9.76. The summed E-state index contributed by atoms with van der Waals surface area (Å²) >= 11 is 0.956. The van der Waals surface area contributed by atoms with Gasteiger partial charge in [-0.3, -0.25) is 19.2 Å². The Balaban J connectivity index is 1.92. The van der Waals surface area contributed by atoms with Crippen molar-refractivity contribution >= 4 is 35.4 Å². The monoisotopic (exact) mass is 617 g/mol. The third-order valence-electron chi connectivity index (χ3n) is 7.34. The van der Waals surface area contributed by atoms with Crippen LogP contribution in [0.2, 0.25) is 0 Å². The van der Waals surface area contributed by atoms with Gasteiger partial charge in [0, 0.05) is 32.6 Å². The van der Waals surface area contributed by atoms with E-state index in [-0.39, 0.29) is 75.2 Å². The SMILES string of the molecule is CCOC(=O)C1(CCC(C)C)CNC(=O)CCCN(C(=O)c2nsnc2C)CCNC(=O)COc2ccc(cc2OC)C1. The van der Waals surface area contributed by atoms with E-state index >= 15 is 0 Å². The van der Waals surface area contributed by atoms with Crippen molar-refractivity contribution in [1.82, 2.24) is 24.3 Å². The highest BCUT2D eigenvalue weighted by Gasteiger charge is 2.40. The van der Waals surface area contributed by atoms with Crippen LogP contribution in [0.4, 0.5) is 0 Å². The van der Waals surface area contributed by atoms with E-state index < -0.39 is 5.41 Å². The second-order valence-electron chi connectivity index (χ2n) is 11.1. The van der Waals surface area contributed by atoms with Crippen LogP contribution >= 0.6 is 11.7 Å². The maximum absolute atomic E-state index is 13.5. The van der Waals surface area contributed by atoms with Gasteiger partial charge in [-0.25, -0.2) is 0 Å². The molecule has 0 saturated heterocycles. The molecular formula is C30H43N5O7S. The number of aryl methyl sites for hydroxylation is 1. The molecule has 4 rings (SSSR count). The van der Waals surface area contributed by atoms with Crippen molar-refractivity contribution in [2.75, 3.05) is 46.5 Å². The van der Waals surface area contributed by atoms with Gasteiger partial charge in [-0.2, -0.15) is 8.75 Å². The number of amides is 3. The van der Waals surface area contributed by atoms with Gasteiger partial charge in [0.2, 0.25) is 5.91 Å². The smallest absolute Gasteiger partial charge is 0.314 e. The standard InChI is InChI=1S/C30H43N5O7S/c1-6-41-29(39)30(12-11-20(2)3)17-22-9-10-23(24(16-22)40-5)42-18-26(37)31-13-15-35(14-7-8-25(36)32-19-30)28(38)27-21(4)33-43-34-27/h9-10,16,20H,6-8,11-15,17-19H2,1-5H3,(H,31,37)(H,32,36). The lowest BCUT2D eigenvalue weighted by Gasteiger charge is -2.33. The quantitative estimate of drug-likeness (QED) is 0.353. The van der Waals surface area contributed by atoms with Crippen LogP contribution in [0, 0.1) is 18.3 Å². The first kappa shape index (κ1) is 33.8. The summed E-state index contributed by atoms with van der Waals surface area (Å²) in [5, 5.41) is 5.75. The zero-order valence-corrected chi connectivity index (χ0v) is 26.5. The molecule has 1 unspecified atom stereocenters. The molecule has 3 amide bonds. The Labute approximate surface area is 257 Å². The van der Waals surface area contributed by atoms with Crippen LogP contribution < -0.4 is 20.1 Å². The fourth-order valence-electron chi connectivity index (χ4n) is 4.87. The van der Waals surface area contributed by atoms with Gasteiger partial charge in [0.05, 0.1) is 36.6 Å². The Kier molecular flexibility index (Phi) is 12.7. The topological polar surface area (TPSA) is 149 Å². The van der Waals surface area contributed by atoms with Crippen molar-refractivity contribution < 1.29 is 33.4 Å². The summed E-state index contributed by atoms with van der Waals surface area (Å²) in [6.45, 7) is 8.38. The number of hydrogen-bond donors (Lipinski definition) is 2. The lowest BCUT2D eigenvalue weighted by molar-refractivity contribution is -0.156. The normalized spacial score (nSPS) is 19.0. The van der Waals surface area contributed by atoms with E-state index in [1.807, 2.05) is 6.07 Å². The van der Waals surface area contributed by atoms with Gasteiger partial charge in [-0.05, 0) is 63.1 Å². The van der Waals surface area contributed by atoms with E-state index in [0.717, 1.165) is 23.7 Å². The van der Waals surface area contributed by atoms with Crippen LogP contribution in [0.25, 0.3) is 0 Å². The van der Waals surface area contributed by atoms with Gasteiger partial charge in [0.25, 0.3) is 11.8 Å². The maximum atomic E-state index is 13.5. The molecule has 2 N–H and O–H groups in total. The number of fused-ring (bicyclic) bond motifs is 16. The molecule has 3 heterocycles. The molecule has 0 aliphatic carbocycles. The van der Waals surface area contributed by atoms with Crippen LogP contribution in [0.5, 0.6) is 11.5 Å². The molecular weight excluding hydrogens is 574 g/mol. The third kappa shape index (κ3) is 9.63. The molecule has 2 aliphatic rings. The Morgan fingerprint density at radius 1 is 1.16 bits per heavy atom. The number of esters is 1. The first-order chi connectivity index (χ1) is 20.6. The number of carbonyl (C=O) groups is 4. The van der Waals surface area contributed by atoms with E-state index in [1.165, 1.54) is 7.11 Å². The van der Waals surface area contributed by atoms with E-state index in [0.29, 0.717) is 42.4 Å². The fourth-order valence-corrected chi connectivity index (χ4v) is 5.41. The van der Waals surface area contributed by atoms with Crippen molar-refractivity contribution in [3.8, 4) is 11.5 Å². The summed E-state index contributed by atoms with van der Waals surface area (Å²) in [5.74, 6) is -0.167. The molecule has 0 spiro atoms. The molecule has 1 aromatic heterocycles. The summed E-state index contributed by atoms with van der Waals surface area (Å²) in [4.78, 5) is 53.9. The van der Waals surface area contributed by atoms with Gasteiger partial charge in [-0.1, -0.05) is 19.9 Å². The Hall–Kier alpha value is -3.74. The number of nitrogens with one attached hydrogen (secondary N) is 2.